The van der Waals surface area contributed by atoms with E-state index in [0.717, 1.165) is 32.2 Å². The van der Waals surface area contributed by atoms with Gasteiger partial charge in [0.05, 0.1) is 0 Å². The smallest absolute Gasteiger partial charge is 0.254 e. The van der Waals surface area contributed by atoms with Crippen molar-refractivity contribution in [3.63, 3.8) is 0 Å². The van der Waals surface area contributed by atoms with Gasteiger partial charge in [0.2, 0.25) is 0 Å². The molecule has 2 atom stereocenters. The van der Waals surface area contributed by atoms with Crippen LogP contribution in [0.2, 0.25) is 0 Å². The van der Waals surface area contributed by atoms with Crippen molar-refractivity contribution in [2.75, 3.05) is 19.0 Å². The van der Waals surface area contributed by atoms with Crippen LogP contribution in [0.25, 0.3) is 0 Å². The van der Waals surface area contributed by atoms with Gasteiger partial charge >= 0.3 is 0 Å². The number of nitrogens with zero attached hydrogens (tertiary/aromatic N) is 1. The van der Waals surface area contributed by atoms with Crippen molar-refractivity contribution < 1.29 is 9.53 Å². The third-order valence-corrected chi connectivity index (χ3v) is 3.84. The number of amides is 1. The zero-order valence-electron chi connectivity index (χ0n) is 9.17. The number of rotatable bonds is 2. The predicted molar refractivity (Wildman–Crippen MR) is 59.0 cm³/mol. The molecule has 4 heteroatoms. The summed E-state index contributed by atoms with van der Waals surface area (Å²) in [5.74, 6) is 0.685. The highest BCUT2D eigenvalue weighted by atomic mass is 35.5. The van der Waals surface area contributed by atoms with Crippen molar-refractivity contribution in [3.05, 3.63) is 0 Å². The number of carbonyl (C=O) groups is 1. The molecule has 2 aliphatic rings. The molecule has 0 N–H and O–H groups in total. The number of ether oxygens (including phenoxy) is 1. The Morgan fingerprint density at radius 3 is 3.00 bits per heavy atom. The standard InChI is InChI=1S/C11H18ClNO2/c1-11(5-3-7-15-11)10(14)13-6-2-4-9(13)8-12/h9H,2-8H2,1H3. The monoisotopic (exact) mass is 231 g/mol. The lowest BCUT2D eigenvalue weighted by Crippen LogP contribution is -2.49. The minimum Gasteiger partial charge on any atom is -0.365 e. The Hall–Kier alpha value is -0.280. The molecular formula is C11H18ClNO2. The summed E-state index contributed by atoms with van der Waals surface area (Å²) < 4.78 is 5.57. The fourth-order valence-corrected chi connectivity index (χ4v) is 2.84. The maximum absolute atomic E-state index is 12.3. The maximum atomic E-state index is 12.3. The maximum Gasteiger partial charge on any atom is 0.254 e. The summed E-state index contributed by atoms with van der Waals surface area (Å²) in [5.41, 5.74) is -0.575. The average Bonchev–Trinajstić information content (AvgIpc) is 2.85. The van der Waals surface area contributed by atoms with Crippen LogP contribution in [0.3, 0.4) is 0 Å². The predicted octanol–water partition coefficient (Wildman–Crippen LogP) is 1.79. The molecule has 2 aliphatic heterocycles. The first-order valence-corrected chi connectivity index (χ1v) is 6.22. The van der Waals surface area contributed by atoms with Crippen LogP contribution in [-0.4, -0.2) is 41.5 Å². The van der Waals surface area contributed by atoms with E-state index in [1.807, 2.05) is 11.8 Å². The summed E-state index contributed by atoms with van der Waals surface area (Å²) in [5, 5.41) is 0. The van der Waals surface area contributed by atoms with E-state index in [9.17, 15) is 4.79 Å². The first-order chi connectivity index (χ1) is 7.17. The molecule has 2 unspecified atom stereocenters. The van der Waals surface area contributed by atoms with Gasteiger partial charge in [0.1, 0.15) is 5.60 Å². The Labute approximate surface area is 95.7 Å². The quantitative estimate of drug-likeness (QED) is 0.679. The molecule has 0 aromatic carbocycles. The highest BCUT2D eigenvalue weighted by Crippen LogP contribution is 2.30. The average molecular weight is 232 g/mol. The molecule has 0 aromatic rings. The van der Waals surface area contributed by atoms with Crippen LogP contribution in [0.5, 0.6) is 0 Å². The molecule has 0 spiro atoms. The van der Waals surface area contributed by atoms with Gasteiger partial charge in [-0.15, -0.1) is 11.6 Å². The summed E-state index contributed by atoms with van der Waals surface area (Å²) in [4.78, 5) is 14.2. The Bertz CT molecular complexity index is 251. The van der Waals surface area contributed by atoms with Gasteiger partial charge in [0.15, 0.2) is 0 Å². The zero-order chi connectivity index (χ0) is 10.9. The van der Waals surface area contributed by atoms with Gasteiger partial charge < -0.3 is 9.64 Å². The second-order valence-corrected chi connectivity index (χ2v) is 4.94. The topological polar surface area (TPSA) is 29.5 Å². The second kappa shape index (κ2) is 4.30. The van der Waals surface area contributed by atoms with Crippen molar-refractivity contribution in [1.82, 2.24) is 4.90 Å². The zero-order valence-corrected chi connectivity index (χ0v) is 9.92. The molecule has 0 bridgehead atoms. The molecule has 0 saturated carbocycles. The highest BCUT2D eigenvalue weighted by Gasteiger charge is 2.43. The number of halogens is 1. The lowest BCUT2D eigenvalue weighted by molar-refractivity contribution is -0.151. The Morgan fingerprint density at radius 1 is 1.60 bits per heavy atom. The van der Waals surface area contributed by atoms with Gasteiger partial charge in [0, 0.05) is 25.1 Å². The van der Waals surface area contributed by atoms with Crippen LogP contribution in [0, 0.1) is 0 Å². The SMILES string of the molecule is CC1(C(=O)N2CCCC2CCl)CCCO1. The molecule has 0 aliphatic carbocycles. The molecular weight excluding hydrogens is 214 g/mol. The third-order valence-electron chi connectivity index (χ3n) is 3.49. The van der Waals surface area contributed by atoms with E-state index in [2.05, 4.69) is 0 Å². The van der Waals surface area contributed by atoms with Gasteiger partial charge in [-0.2, -0.15) is 0 Å². The van der Waals surface area contributed by atoms with Crippen LogP contribution in [0.15, 0.2) is 0 Å². The molecule has 0 aromatic heterocycles. The molecule has 2 rings (SSSR count). The summed E-state index contributed by atoms with van der Waals surface area (Å²) in [6, 6.07) is 0.222. The molecule has 2 saturated heterocycles. The van der Waals surface area contributed by atoms with E-state index in [-0.39, 0.29) is 11.9 Å². The van der Waals surface area contributed by atoms with Crippen molar-refractivity contribution >= 4 is 17.5 Å². The minimum absolute atomic E-state index is 0.142. The highest BCUT2D eigenvalue weighted by molar-refractivity contribution is 6.18. The molecule has 1 amide bonds. The van der Waals surface area contributed by atoms with E-state index in [1.165, 1.54) is 0 Å². The molecule has 3 nitrogen and oxygen atoms in total. The number of hydrogen-bond donors (Lipinski definition) is 0. The molecule has 2 fully saturated rings. The summed E-state index contributed by atoms with van der Waals surface area (Å²) in [6.07, 6.45) is 3.93. The van der Waals surface area contributed by atoms with Crippen molar-refractivity contribution in [1.29, 1.82) is 0 Å². The molecule has 0 radical (unpaired) electrons. The number of likely N-dealkylation sites (tertiary alicyclic amines) is 1. The largest absolute Gasteiger partial charge is 0.365 e. The van der Waals surface area contributed by atoms with Crippen LogP contribution >= 0.6 is 11.6 Å². The third kappa shape index (κ3) is 2.00. The van der Waals surface area contributed by atoms with E-state index < -0.39 is 5.60 Å². The van der Waals surface area contributed by atoms with E-state index in [4.69, 9.17) is 16.3 Å². The van der Waals surface area contributed by atoms with E-state index >= 15 is 0 Å². The lowest BCUT2D eigenvalue weighted by Gasteiger charge is -2.31. The fourth-order valence-electron chi connectivity index (χ4n) is 2.52. The summed E-state index contributed by atoms with van der Waals surface area (Å²) in [6.45, 7) is 3.46. The number of hydrogen-bond acceptors (Lipinski definition) is 2. The minimum atomic E-state index is -0.575. The molecule has 86 valence electrons. The van der Waals surface area contributed by atoms with Gasteiger partial charge in [0.25, 0.3) is 5.91 Å². The van der Waals surface area contributed by atoms with E-state index in [0.29, 0.717) is 12.5 Å². The van der Waals surface area contributed by atoms with Crippen LogP contribution < -0.4 is 0 Å². The van der Waals surface area contributed by atoms with Gasteiger partial charge in [-0.05, 0) is 32.6 Å². The van der Waals surface area contributed by atoms with Gasteiger partial charge in [-0.3, -0.25) is 4.79 Å². The van der Waals surface area contributed by atoms with Crippen molar-refractivity contribution in [3.8, 4) is 0 Å². The first kappa shape index (κ1) is 11.2. The summed E-state index contributed by atoms with van der Waals surface area (Å²) in [7, 11) is 0. The van der Waals surface area contributed by atoms with Gasteiger partial charge in [-0.1, -0.05) is 0 Å². The number of carbonyl (C=O) groups excluding carboxylic acids is 1. The lowest BCUT2D eigenvalue weighted by atomic mass is 10.0. The van der Waals surface area contributed by atoms with E-state index in [1.54, 1.807) is 0 Å². The second-order valence-electron chi connectivity index (χ2n) is 4.63. The van der Waals surface area contributed by atoms with Crippen LogP contribution in [-0.2, 0) is 9.53 Å². The van der Waals surface area contributed by atoms with Crippen LogP contribution in [0.4, 0.5) is 0 Å². The Balaban J connectivity index is 2.06. The normalized spacial score (nSPS) is 36.1. The van der Waals surface area contributed by atoms with Gasteiger partial charge in [-0.25, -0.2) is 0 Å². The first-order valence-electron chi connectivity index (χ1n) is 5.68. The Kier molecular flexibility index (Phi) is 3.21. The molecule has 2 heterocycles. The van der Waals surface area contributed by atoms with Crippen molar-refractivity contribution in [2.24, 2.45) is 0 Å². The van der Waals surface area contributed by atoms with Crippen LogP contribution in [0.1, 0.15) is 32.6 Å². The fraction of sp³-hybridized carbons (Fsp3) is 0.909. The Morgan fingerprint density at radius 2 is 2.40 bits per heavy atom. The summed E-state index contributed by atoms with van der Waals surface area (Å²) >= 11 is 5.86. The molecule has 15 heavy (non-hydrogen) atoms. The number of alkyl halides is 1. The van der Waals surface area contributed by atoms with Crippen molar-refractivity contribution in [2.45, 2.75) is 44.2 Å².